The smallest absolute Gasteiger partial charge is 0.274 e. The van der Waals surface area contributed by atoms with Crippen molar-refractivity contribution in [2.45, 2.75) is 65.0 Å². The largest absolute Gasteiger partial charge is 0.344 e. The van der Waals surface area contributed by atoms with Crippen molar-refractivity contribution >= 4 is 5.91 Å². The zero-order valence-corrected chi connectivity index (χ0v) is 17.0. The minimum absolute atomic E-state index is 0.0880. The molecule has 27 heavy (non-hydrogen) atoms. The van der Waals surface area contributed by atoms with Crippen molar-refractivity contribution in [3.8, 4) is 0 Å². The highest BCUT2D eigenvalue weighted by molar-refractivity contribution is 5.93. The molecule has 1 unspecified atom stereocenters. The van der Waals surface area contributed by atoms with Crippen molar-refractivity contribution in [1.82, 2.24) is 25.6 Å². The maximum absolute atomic E-state index is 12.7. The molecule has 3 rings (SSSR count). The topological polar surface area (TPSA) is 71.8 Å². The molecule has 1 atom stereocenters. The lowest BCUT2D eigenvalue weighted by molar-refractivity contribution is 0.0934. The molecule has 2 aromatic rings. The number of hydrogen-bond acceptors (Lipinski definition) is 4. The molecule has 1 amide bonds. The van der Waals surface area contributed by atoms with Crippen LogP contribution in [0.1, 0.15) is 79.9 Å². The molecule has 0 aliphatic carbocycles. The molecular weight excluding hydrogens is 338 g/mol. The summed E-state index contributed by atoms with van der Waals surface area (Å²) in [6, 6.07) is 8.68. The van der Waals surface area contributed by atoms with Crippen LogP contribution < -0.4 is 10.6 Å². The predicted molar refractivity (Wildman–Crippen MR) is 107 cm³/mol. The SMILES string of the molecule is Cc1c(C(=O)NC(C)c2ccc(C(C)(C)C)cc2)nnn1C1CCNCC1. The second kappa shape index (κ2) is 7.80. The van der Waals surface area contributed by atoms with Gasteiger partial charge >= 0.3 is 0 Å². The maximum atomic E-state index is 12.7. The van der Waals surface area contributed by atoms with Crippen LogP contribution in [0.2, 0.25) is 0 Å². The molecule has 2 heterocycles. The molecule has 2 N–H and O–H groups in total. The Bertz CT molecular complexity index is 782. The third-order valence-corrected chi connectivity index (χ3v) is 5.42. The Balaban J connectivity index is 1.69. The van der Waals surface area contributed by atoms with E-state index in [0.29, 0.717) is 11.7 Å². The molecule has 6 heteroatoms. The van der Waals surface area contributed by atoms with Gasteiger partial charge in [0.05, 0.1) is 17.8 Å². The van der Waals surface area contributed by atoms with Crippen molar-refractivity contribution in [2.24, 2.45) is 0 Å². The number of hydrogen-bond donors (Lipinski definition) is 2. The van der Waals surface area contributed by atoms with E-state index in [1.54, 1.807) is 0 Å². The second-order valence-corrected chi connectivity index (χ2v) is 8.52. The van der Waals surface area contributed by atoms with Crippen molar-refractivity contribution < 1.29 is 4.79 Å². The van der Waals surface area contributed by atoms with Gasteiger partial charge in [0.15, 0.2) is 5.69 Å². The van der Waals surface area contributed by atoms with Crippen molar-refractivity contribution in [3.63, 3.8) is 0 Å². The fourth-order valence-electron chi connectivity index (χ4n) is 3.57. The summed E-state index contributed by atoms with van der Waals surface area (Å²) in [4.78, 5) is 12.7. The van der Waals surface area contributed by atoms with Gasteiger partial charge in [0, 0.05) is 0 Å². The number of carbonyl (C=O) groups excluding carboxylic acids is 1. The Kier molecular flexibility index (Phi) is 5.65. The highest BCUT2D eigenvalue weighted by Gasteiger charge is 2.24. The first kappa shape index (κ1) is 19.5. The monoisotopic (exact) mass is 369 g/mol. The van der Waals surface area contributed by atoms with E-state index in [4.69, 9.17) is 0 Å². The molecule has 1 aromatic heterocycles. The van der Waals surface area contributed by atoms with Gasteiger partial charge in [-0.2, -0.15) is 0 Å². The van der Waals surface area contributed by atoms with Crippen LogP contribution in [0.5, 0.6) is 0 Å². The van der Waals surface area contributed by atoms with E-state index in [2.05, 4.69) is 66.0 Å². The summed E-state index contributed by atoms with van der Waals surface area (Å²) in [6.45, 7) is 12.5. The Hall–Kier alpha value is -2.21. The Morgan fingerprint density at radius 1 is 1.22 bits per heavy atom. The van der Waals surface area contributed by atoms with E-state index >= 15 is 0 Å². The second-order valence-electron chi connectivity index (χ2n) is 8.52. The summed E-state index contributed by atoms with van der Waals surface area (Å²) in [5, 5.41) is 14.8. The molecule has 0 bridgehead atoms. The Morgan fingerprint density at radius 3 is 2.44 bits per heavy atom. The molecule has 0 spiro atoms. The zero-order chi connectivity index (χ0) is 19.6. The molecule has 1 saturated heterocycles. The predicted octanol–water partition coefficient (Wildman–Crippen LogP) is 3.30. The number of piperidine rings is 1. The molecule has 1 aliphatic heterocycles. The summed E-state index contributed by atoms with van der Waals surface area (Å²) < 4.78 is 1.92. The zero-order valence-electron chi connectivity index (χ0n) is 17.0. The quantitative estimate of drug-likeness (QED) is 0.867. The van der Waals surface area contributed by atoms with Gasteiger partial charge in [-0.15, -0.1) is 5.10 Å². The fourth-order valence-corrected chi connectivity index (χ4v) is 3.57. The molecule has 146 valence electrons. The number of benzene rings is 1. The molecule has 0 saturated carbocycles. The molecule has 1 aromatic carbocycles. The highest BCUT2D eigenvalue weighted by Crippen LogP contribution is 2.24. The molecule has 6 nitrogen and oxygen atoms in total. The first-order valence-corrected chi connectivity index (χ1v) is 9.81. The van der Waals surface area contributed by atoms with Crippen LogP contribution in [0, 0.1) is 6.92 Å². The van der Waals surface area contributed by atoms with Gasteiger partial charge in [-0.05, 0) is 56.3 Å². The fraction of sp³-hybridized carbons (Fsp3) is 0.571. The van der Waals surface area contributed by atoms with Gasteiger partial charge in [-0.3, -0.25) is 4.79 Å². The average molecular weight is 370 g/mol. The molecule has 0 radical (unpaired) electrons. The van der Waals surface area contributed by atoms with Gasteiger partial charge in [0.25, 0.3) is 5.91 Å². The minimum Gasteiger partial charge on any atom is -0.344 e. The normalized spacial score (nSPS) is 16.9. The Labute approximate surface area is 161 Å². The number of carbonyl (C=O) groups is 1. The Morgan fingerprint density at radius 2 is 1.85 bits per heavy atom. The minimum atomic E-state index is -0.167. The maximum Gasteiger partial charge on any atom is 0.274 e. The number of nitrogens with zero attached hydrogens (tertiary/aromatic N) is 3. The van der Waals surface area contributed by atoms with Crippen LogP contribution >= 0.6 is 0 Å². The van der Waals surface area contributed by atoms with E-state index in [0.717, 1.165) is 37.2 Å². The van der Waals surface area contributed by atoms with Crippen LogP contribution in [0.25, 0.3) is 0 Å². The van der Waals surface area contributed by atoms with Gasteiger partial charge < -0.3 is 10.6 Å². The van der Waals surface area contributed by atoms with Crippen LogP contribution in [0.15, 0.2) is 24.3 Å². The van der Waals surface area contributed by atoms with Crippen molar-refractivity contribution in [2.75, 3.05) is 13.1 Å². The van der Waals surface area contributed by atoms with E-state index in [1.165, 1.54) is 5.56 Å². The summed E-state index contributed by atoms with van der Waals surface area (Å²) in [7, 11) is 0. The summed E-state index contributed by atoms with van der Waals surface area (Å²) in [5.74, 6) is -0.167. The third kappa shape index (κ3) is 4.38. The molecule has 1 aliphatic rings. The number of nitrogens with one attached hydrogen (secondary N) is 2. The highest BCUT2D eigenvalue weighted by atomic mass is 16.2. The standard InChI is InChI=1S/C21H31N5O/c1-14(16-6-8-17(9-7-16)21(3,4)5)23-20(27)19-15(2)26(25-24-19)18-10-12-22-13-11-18/h6-9,14,18,22H,10-13H2,1-5H3,(H,23,27). The number of amides is 1. The van der Waals surface area contributed by atoms with Crippen LogP contribution in [0.3, 0.4) is 0 Å². The van der Waals surface area contributed by atoms with Crippen molar-refractivity contribution in [1.29, 1.82) is 0 Å². The molecular formula is C21H31N5O. The van der Waals surface area contributed by atoms with Gasteiger partial charge in [0.1, 0.15) is 0 Å². The average Bonchev–Trinajstić information content (AvgIpc) is 3.03. The van der Waals surface area contributed by atoms with Crippen LogP contribution in [-0.2, 0) is 5.41 Å². The van der Waals surface area contributed by atoms with E-state index in [1.807, 2.05) is 18.5 Å². The third-order valence-electron chi connectivity index (χ3n) is 5.42. The van der Waals surface area contributed by atoms with Gasteiger partial charge in [-0.1, -0.05) is 50.3 Å². The summed E-state index contributed by atoms with van der Waals surface area (Å²) in [6.07, 6.45) is 2.03. The lowest BCUT2D eigenvalue weighted by Crippen LogP contribution is -2.31. The molecule has 1 fully saturated rings. The number of rotatable bonds is 4. The van der Waals surface area contributed by atoms with Crippen LogP contribution in [-0.4, -0.2) is 34.0 Å². The first-order chi connectivity index (χ1) is 12.8. The van der Waals surface area contributed by atoms with E-state index in [9.17, 15) is 4.79 Å². The van der Waals surface area contributed by atoms with Gasteiger partial charge in [0.2, 0.25) is 0 Å². The van der Waals surface area contributed by atoms with Crippen molar-refractivity contribution in [3.05, 3.63) is 46.8 Å². The number of aromatic nitrogens is 3. The summed E-state index contributed by atoms with van der Waals surface area (Å²) in [5.41, 5.74) is 3.75. The lowest BCUT2D eigenvalue weighted by Gasteiger charge is -2.23. The van der Waals surface area contributed by atoms with Crippen LogP contribution in [0.4, 0.5) is 0 Å². The summed E-state index contributed by atoms with van der Waals surface area (Å²) >= 11 is 0. The van der Waals surface area contributed by atoms with E-state index < -0.39 is 0 Å². The first-order valence-electron chi connectivity index (χ1n) is 9.81. The van der Waals surface area contributed by atoms with E-state index in [-0.39, 0.29) is 17.4 Å². The van der Waals surface area contributed by atoms with Gasteiger partial charge in [-0.25, -0.2) is 4.68 Å². The lowest BCUT2D eigenvalue weighted by atomic mass is 9.86.